The van der Waals surface area contributed by atoms with Gasteiger partial charge >= 0.3 is 12.1 Å². The molecule has 0 bridgehead atoms. The summed E-state index contributed by atoms with van der Waals surface area (Å²) >= 11 is 0. The van der Waals surface area contributed by atoms with Gasteiger partial charge in [-0.15, -0.1) is 0 Å². The van der Waals surface area contributed by atoms with Crippen molar-refractivity contribution < 1.29 is 90.5 Å². The van der Waals surface area contributed by atoms with E-state index in [0.717, 1.165) is 0 Å². The van der Waals surface area contributed by atoms with Crippen LogP contribution in [0.5, 0.6) is 0 Å². The molecule has 2 aromatic carbocycles. The first-order valence-corrected chi connectivity index (χ1v) is 23.6. The summed E-state index contributed by atoms with van der Waals surface area (Å²) in [6.45, 7) is 14.1. The number of rotatable bonds is 50. The van der Waals surface area contributed by atoms with Gasteiger partial charge in [0.1, 0.15) is 6.61 Å². The van der Waals surface area contributed by atoms with Gasteiger partial charge in [-0.05, 0) is 22.3 Å². The van der Waals surface area contributed by atoms with Gasteiger partial charge in [-0.3, -0.25) is 4.79 Å². The number of carboxylic acid groups (broad SMARTS) is 1. The molecule has 2 N–H and O–H groups in total. The number of aliphatic carboxylic acids is 1. The van der Waals surface area contributed by atoms with E-state index in [4.69, 9.17) is 80.9 Å². The van der Waals surface area contributed by atoms with Gasteiger partial charge in [0.25, 0.3) is 0 Å². The van der Waals surface area contributed by atoms with Crippen LogP contribution in [0.15, 0.2) is 48.5 Å². The Bertz CT molecular complexity index is 1450. The number of benzene rings is 2. The van der Waals surface area contributed by atoms with E-state index >= 15 is 0 Å². The van der Waals surface area contributed by atoms with Crippen LogP contribution in [-0.2, 0) is 80.6 Å². The van der Waals surface area contributed by atoms with Crippen LogP contribution in [0.4, 0.5) is 4.79 Å². The molecular weight excluding hydrogens is 895 g/mol. The molecule has 20 heteroatoms. The fourth-order valence-electron chi connectivity index (χ4n) is 6.22. The summed E-state index contributed by atoms with van der Waals surface area (Å²) in [5.74, 6) is -0.850. The zero-order chi connectivity index (χ0) is 48.1. The number of ether oxygens (including phenoxy) is 16. The highest BCUT2D eigenvalue weighted by Gasteiger charge is 2.29. The van der Waals surface area contributed by atoms with Crippen LogP contribution in [0, 0.1) is 0 Å². The van der Waals surface area contributed by atoms with E-state index in [1.165, 1.54) is 22.3 Å². The first-order chi connectivity index (χ1) is 33.7. The topological polar surface area (TPSA) is 214 Å². The van der Waals surface area contributed by atoms with Gasteiger partial charge in [-0.25, -0.2) is 4.79 Å². The molecule has 0 saturated heterocycles. The fraction of sp³-hybridized carbons (Fsp3) is 0.708. The maximum Gasteiger partial charge on any atom is 0.407 e. The van der Waals surface area contributed by atoms with Crippen molar-refractivity contribution >= 4 is 12.1 Å². The fourth-order valence-corrected chi connectivity index (χ4v) is 6.22. The molecule has 0 aromatic heterocycles. The van der Waals surface area contributed by atoms with Crippen molar-refractivity contribution in [3.63, 3.8) is 0 Å². The quantitative estimate of drug-likeness (QED) is 0.0911. The Hall–Kier alpha value is -3.42. The number of carboxylic acids is 1. The van der Waals surface area contributed by atoms with Crippen molar-refractivity contribution in [1.29, 1.82) is 0 Å². The van der Waals surface area contributed by atoms with Gasteiger partial charge in [-0.2, -0.15) is 0 Å². The lowest BCUT2D eigenvalue weighted by Crippen LogP contribution is -2.29. The van der Waals surface area contributed by atoms with Crippen molar-refractivity contribution in [1.82, 2.24) is 5.32 Å². The summed E-state index contributed by atoms with van der Waals surface area (Å²) in [4.78, 5) is 22.6. The van der Waals surface area contributed by atoms with Crippen LogP contribution in [0.25, 0.3) is 11.1 Å². The molecule has 1 amide bonds. The Morgan fingerprint density at radius 3 is 0.897 bits per heavy atom. The van der Waals surface area contributed by atoms with Crippen molar-refractivity contribution in [3.8, 4) is 11.1 Å². The third-order valence-electron chi connectivity index (χ3n) is 9.53. The van der Waals surface area contributed by atoms with Gasteiger partial charge in [0.2, 0.25) is 0 Å². The molecule has 0 fully saturated rings. The largest absolute Gasteiger partial charge is 0.481 e. The van der Waals surface area contributed by atoms with Crippen LogP contribution in [0.2, 0.25) is 0 Å². The molecule has 0 saturated carbocycles. The Kier molecular flexibility index (Phi) is 37.8. The highest BCUT2D eigenvalue weighted by atomic mass is 16.6. The second-order valence-corrected chi connectivity index (χ2v) is 14.6. The van der Waals surface area contributed by atoms with Crippen LogP contribution in [0.3, 0.4) is 0 Å². The number of alkyl carbamates (subject to hydrolysis) is 1. The van der Waals surface area contributed by atoms with E-state index in [1.807, 2.05) is 24.3 Å². The van der Waals surface area contributed by atoms with E-state index < -0.39 is 12.1 Å². The maximum atomic E-state index is 12.3. The number of hydrogen-bond donors (Lipinski definition) is 2. The molecular formula is C48H77NO19. The average Bonchev–Trinajstić information content (AvgIpc) is 3.67. The molecule has 0 atom stereocenters. The Morgan fingerprint density at radius 1 is 0.368 bits per heavy atom. The Balaban J connectivity index is 0.893. The second-order valence-electron chi connectivity index (χ2n) is 14.6. The average molecular weight is 972 g/mol. The predicted octanol–water partition coefficient (Wildman–Crippen LogP) is 3.25. The first-order valence-electron chi connectivity index (χ1n) is 23.6. The van der Waals surface area contributed by atoms with Crippen LogP contribution < -0.4 is 5.32 Å². The number of nitrogens with one attached hydrogen (secondary N) is 1. The van der Waals surface area contributed by atoms with E-state index in [0.29, 0.717) is 198 Å². The summed E-state index contributed by atoms with van der Waals surface area (Å²) in [5.41, 5.74) is 4.75. The third kappa shape index (κ3) is 31.7. The maximum absolute atomic E-state index is 12.3. The molecule has 20 nitrogen and oxygen atoms in total. The van der Waals surface area contributed by atoms with E-state index in [1.54, 1.807) is 0 Å². The molecule has 1 aliphatic rings. The van der Waals surface area contributed by atoms with Gasteiger partial charge in [0, 0.05) is 12.5 Å². The third-order valence-corrected chi connectivity index (χ3v) is 9.53. The van der Waals surface area contributed by atoms with Crippen molar-refractivity contribution in [2.24, 2.45) is 0 Å². The predicted molar refractivity (Wildman–Crippen MR) is 248 cm³/mol. The monoisotopic (exact) mass is 972 g/mol. The van der Waals surface area contributed by atoms with Crippen LogP contribution >= 0.6 is 0 Å². The highest BCUT2D eigenvalue weighted by Crippen LogP contribution is 2.44. The normalized spacial score (nSPS) is 12.1. The van der Waals surface area contributed by atoms with E-state index in [9.17, 15) is 9.59 Å². The number of carbonyl (C=O) groups excluding carboxylic acids is 1. The lowest BCUT2D eigenvalue weighted by molar-refractivity contribution is -0.138. The van der Waals surface area contributed by atoms with E-state index in [-0.39, 0.29) is 25.6 Å². The molecule has 0 aliphatic heterocycles. The Labute approximate surface area is 401 Å². The summed E-state index contributed by atoms with van der Waals surface area (Å²) < 4.78 is 87.4. The minimum atomic E-state index is -0.879. The summed E-state index contributed by atoms with van der Waals surface area (Å²) in [6, 6.07) is 16.5. The van der Waals surface area contributed by atoms with Gasteiger partial charge < -0.3 is 86.2 Å². The van der Waals surface area contributed by atoms with Gasteiger partial charge in [0.05, 0.1) is 205 Å². The zero-order valence-corrected chi connectivity index (χ0v) is 39.8. The lowest BCUT2D eigenvalue weighted by Gasteiger charge is -2.14. The van der Waals surface area contributed by atoms with Crippen molar-refractivity contribution in [3.05, 3.63) is 59.7 Å². The molecule has 0 unspecified atom stereocenters. The standard InChI is InChI=1S/C48H77NO19/c50-47(51)9-11-53-13-15-55-17-19-57-21-23-59-25-27-61-29-31-63-33-35-65-37-39-67-40-38-66-36-34-64-32-30-62-28-26-60-24-22-58-20-18-56-16-14-54-12-10-49-48(52)68-41-46-44-7-3-1-5-42(44)43-6-2-4-8-45(43)46/h1-8,46H,9-41H2,(H,49,52)(H,50,51). The Morgan fingerprint density at radius 2 is 0.618 bits per heavy atom. The number of fused-ring (bicyclic) bond motifs is 3. The molecule has 0 spiro atoms. The highest BCUT2D eigenvalue weighted by molar-refractivity contribution is 5.79. The molecule has 0 heterocycles. The molecule has 2 aromatic rings. The van der Waals surface area contributed by atoms with Crippen molar-refractivity contribution in [2.75, 3.05) is 211 Å². The zero-order valence-electron chi connectivity index (χ0n) is 39.8. The summed E-state index contributed by atoms with van der Waals surface area (Å²) in [5, 5.41) is 11.3. The van der Waals surface area contributed by atoms with Gasteiger partial charge in [-0.1, -0.05) is 48.5 Å². The van der Waals surface area contributed by atoms with E-state index in [2.05, 4.69) is 29.6 Å². The lowest BCUT2D eigenvalue weighted by atomic mass is 9.98. The molecule has 68 heavy (non-hydrogen) atoms. The summed E-state index contributed by atoms with van der Waals surface area (Å²) in [7, 11) is 0. The van der Waals surface area contributed by atoms with Gasteiger partial charge in [0.15, 0.2) is 0 Å². The molecule has 0 radical (unpaired) electrons. The molecule has 3 rings (SSSR count). The smallest absolute Gasteiger partial charge is 0.407 e. The SMILES string of the molecule is O=C(O)CCOCCOCCOCCOCCOCCOCCOCCOCCOCCOCCOCCOCCOCCOCCOCCNC(=O)OCC1c2ccccc2-c2ccccc21. The number of amides is 1. The van der Waals surface area contributed by atoms with Crippen molar-refractivity contribution in [2.45, 2.75) is 12.3 Å². The first kappa shape index (κ1) is 58.9. The number of carbonyl (C=O) groups is 2. The minimum Gasteiger partial charge on any atom is -0.481 e. The molecule has 1 aliphatic carbocycles. The second kappa shape index (κ2) is 43.6. The van der Waals surface area contributed by atoms with Crippen LogP contribution in [0.1, 0.15) is 23.5 Å². The summed E-state index contributed by atoms with van der Waals surface area (Å²) in [6.07, 6.45) is -0.467. The minimum absolute atomic E-state index is 0.00898. The number of hydrogen-bond acceptors (Lipinski definition) is 18. The van der Waals surface area contributed by atoms with Crippen LogP contribution in [-0.4, -0.2) is 229 Å². The molecule has 388 valence electrons.